The van der Waals surface area contributed by atoms with E-state index in [0.29, 0.717) is 5.18 Å². The van der Waals surface area contributed by atoms with Crippen molar-refractivity contribution in [3.63, 3.8) is 0 Å². The maximum absolute atomic E-state index is 8.69. The summed E-state index contributed by atoms with van der Waals surface area (Å²) >= 11 is 2.81. The minimum atomic E-state index is 0.250. The average Bonchev–Trinajstić information content (AvgIpc) is 1.39. The van der Waals surface area contributed by atoms with Crippen LogP contribution in [0, 0.1) is 0 Å². The molecule has 2 N–H and O–H groups in total. The van der Waals surface area contributed by atoms with Gasteiger partial charge in [-0.15, -0.1) is 0 Å². The fourth-order valence-corrected chi connectivity index (χ4v) is 0. The first-order valence-corrected chi connectivity index (χ1v) is 1.65. The van der Waals surface area contributed by atoms with E-state index in [1.54, 1.807) is 0 Å². The van der Waals surface area contributed by atoms with E-state index in [2.05, 4.69) is 21.7 Å². The molecule has 3 nitrogen and oxygen atoms in total. The number of nitrogens with two attached hydrogens (primary N) is 1. The number of hydrogen-bond donors (Lipinski definition) is 1. The third kappa shape index (κ3) is 223. The Bertz CT molecular complexity index is 32.5. The molecular formula is C2H4FeNO2. The monoisotopic (exact) mass is 130 g/mol. The summed E-state index contributed by atoms with van der Waals surface area (Å²) in [6, 6.07) is 0. The van der Waals surface area contributed by atoms with E-state index in [1.165, 1.54) is 0 Å². The van der Waals surface area contributed by atoms with Crippen LogP contribution >= 0.6 is 0 Å². The molecule has 0 saturated heterocycles. The Morgan fingerprint density at radius 2 is 1.50 bits per heavy atom. The second-order valence-electron chi connectivity index (χ2n) is 0.219. The molecule has 0 spiro atoms. The molecular weight excluding hydrogens is 126 g/mol. The van der Waals surface area contributed by atoms with Crippen LogP contribution in [-0.2, 0) is 25.6 Å². The summed E-state index contributed by atoms with van der Waals surface area (Å²) in [7, 11) is 0. The van der Waals surface area contributed by atoms with Gasteiger partial charge in [0, 0.05) is 0 Å². The van der Waals surface area contributed by atoms with Crippen molar-refractivity contribution in [2.45, 2.75) is 0 Å². The molecule has 1 amide bonds. The van der Waals surface area contributed by atoms with Crippen LogP contribution in [0.1, 0.15) is 0 Å². The molecule has 0 bridgehead atoms. The molecule has 0 aliphatic rings. The Balaban J connectivity index is 0. The molecule has 0 aromatic heterocycles. The van der Waals surface area contributed by atoms with E-state index < -0.39 is 0 Å². The second kappa shape index (κ2) is 22.7. The van der Waals surface area contributed by atoms with E-state index in [0.717, 1.165) is 0 Å². The number of rotatable bonds is 0. The van der Waals surface area contributed by atoms with Crippen molar-refractivity contribution >= 4 is 11.6 Å². The zero-order valence-corrected chi connectivity index (χ0v) is 4.01. The van der Waals surface area contributed by atoms with Gasteiger partial charge in [-0.1, -0.05) is 0 Å². The van der Waals surface area contributed by atoms with E-state index in [4.69, 9.17) is 9.59 Å². The summed E-state index contributed by atoms with van der Waals surface area (Å²) < 4.78 is 0. The third-order valence-electron chi connectivity index (χ3n) is 0. The van der Waals surface area contributed by atoms with Crippen LogP contribution in [0.2, 0.25) is 0 Å². The maximum atomic E-state index is 8.69. The zero-order chi connectivity index (χ0) is 5.41. The first-order chi connectivity index (χ1) is 2.83. The molecule has 0 aromatic carbocycles. The van der Waals surface area contributed by atoms with E-state index >= 15 is 0 Å². The van der Waals surface area contributed by atoms with Crippen molar-refractivity contribution in [1.82, 2.24) is 0 Å². The molecule has 0 saturated carbocycles. The van der Waals surface area contributed by atoms with Gasteiger partial charge in [-0.25, -0.2) is 0 Å². The fourth-order valence-electron chi connectivity index (χ4n) is 0. The Kier molecular flexibility index (Phi) is 34.6. The molecule has 37 valence electrons. The van der Waals surface area contributed by atoms with Crippen molar-refractivity contribution < 1.29 is 25.6 Å². The predicted molar refractivity (Wildman–Crippen MR) is 17.0 cm³/mol. The van der Waals surface area contributed by atoms with Gasteiger partial charge in [0.05, 0.1) is 0 Å². The molecule has 0 aliphatic carbocycles. The number of carbonyl (C=O) groups is 2. The van der Waals surface area contributed by atoms with Gasteiger partial charge in [0.15, 0.2) is 0 Å². The van der Waals surface area contributed by atoms with Gasteiger partial charge in [0.25, 0.3) is 0 Å². The van der Waals surface area contributed by atoms with Gasteiger partial charge in [-0.3, -0.25) is 4.79 Å². The first kappa shape index (κ1) is 9.18. The van der Waals surface area contributed by atoms with Crippen LogP contribution in [0.4, 0.5) is 0 Å². The van der Waals surface area contributed by atoms with Crippen LogP contribution < -0.4 is 5.73 Å². The van der Waals surface area contributed by atoms with Gasteiger partial charge in [0.1, 0.15) is 0 Å². The molecule has 0 aliphatic heterocycles. The molecule has 0 fully saturated rings. The van der Waals surface area contributed by atoms with Gasteiger partial charge >= 0.3 is 26.0 Å². The molecule has 6 heavy (non-hydrogen) atoms. The Morgan fingerprint density at radius 3 is 1.50 bits per heavy atom. The quantitative estimate of drug-likeness (QED) is 0.331. The third-order valence-corrected chi connectivity index (χ3v) is 0. The van der Waals surface area contributed by atoms with Gasteiger partial charge < -0.3 is 5.73 Å². The van der Waals surface area contributed by atoms with Crippen molar-refractivity contribution in [2.24, 2.45) is 5.73 Å². The van der Waals surface area contributed by atoms with Crippen molar-refractivity contribution in [2.75, 3.05) is 0 Å². The summed E-state index contributed by atoms with van der Waals surface area (Å²) in [5.74, 6) is 0. The second-order valence-corrected chi connectivity index (χ2v) is 0.480. The SMILES string of the molecule is NC=O.O=[CH][Fe]. The van der Waals surface area contributed by atoms with E-state index in [9.17, 15) is 0 Å². The zero-order valence-electron chi connectivity index (χ0n) is 2.90. The number of carbonyl (C=O) groups excluding carboxylic acids is 2. The van der Waals surface area contributed by atoms with Crippen LogP contribution in [0.25, 0.3) is 0 Å². The standard InChI is InChI=1S/CH3NO.CHO.Fe/c2-1-3;1-2;/h1H,(H2,2,3);1H;. The number of amides is 1. The summed E-state index contributed by atoms with van der Waals surface area (Å²) in [5, 5.41) is 0.500. The molecule has 0 unspecified atom stereocenters. The molecule has 0 atom stereocenters. The molecule has 0 radical (unpaired) electrons. The predicted octanol–water partition coefficient (Wildman–Crippen LogP) is -1.18. The Hall–Kier alpha value is -0.341. The van der Waals surface area contributed by atoms with Gasteiger partial charge in [-0.2, -0.15) is 0 Å². The summed E-state index contributed by atoms with van der Waals surface area (Å²) in [6.45, 7) is 0. The number of hydrogen-bond acceptors (Lipinski definition) is 2. The topological polar surface area (TPSA) is 60.2 Å². The van der Waals surface area contributed by atoms with Crippen molar-refractivity contribution in [3.05, 3.63) is 0 Å². The Labute approximate surface area is 43.7 Å². The summed E-state index contributed by atoms with van der Waals surface area (Å²) in [4.78, 5) is 17.3. The molecule has 0 heterocycles. The minimum absolute atomic E-state index is 0.250. The molecule has 4 heteroatoms. The van der Waals surface area contributed by atoms with Crippen molar-refractivity contribution in [1.29, 1.82) is 0 Å². The van der Waals surface area contributed by atoms with Crippen LogP contribution in [0.3, 0.4) is 0 Å². The van der Waals surface area contributed by atoms with Crippen molar-refractivity contribution in [3.8, 4) is 0 Å². The average molecular weight is 130 g/mol. The fraction of sp³-hybridized carbons (Fsp3) is 0. The van der Waals surface area contributed by atoms with E-state index in [1.807, 2.05) is 0 Å². The normalized spacial score (nSPS) is 4.17. The first-order valence-electron chi connectivity index (χ1n) is 1.01. The van der Waals surface area contributed by atoms with Crippen LogP contribution in [0.5, 0.6) is 0 Å². The van der Waals surface area contributed by atoms with E-state index in [-0.39, 0.29) is 6.41 Å². The van der Waals surface area contributed by atoms with Crippen LogP contribution in [0.15, 0.2) is 0 Å². The molecule has 0 aromatic rings. The van der Waals surface area contributed by atoms with Gasteiger partial charge in [0.2, 0.25) is 6.41 Å². The summed E-state index contributed by atoms with van der Waals surface area (Å²) in [6.07, 6.45) is 0.250. The van der Waals surface area contributed by atoms with Crippen LogP contribution in [-0.4, -0.2) is 11.6 Å². The number of primary amides is 1. The molecule has 0 rings (SSSR count). The summed E-state index contributed by atoms with van der Waals surface area (Å²) in [5.41, 5.74) is 4.17. The Morgan fingerprint density at radius 1 is 1.50 bits per heavy atom. The van der Waals surface area contributed by atoms with Gasteiger partial charge in [-0.05, 0) is 0 Å².